The number of benzene rings is 1. The van der Waals surface area contributed by atoms with Crippen LogP contribution in [0.25, 0.3) is 0 Å². The topological polar surface area (TPSA) is 33.5 Å². The predicted molar refractivity (Wildman–Crippen MR) is 72.2 cm³/mol. The van der Waals surface area contributed by atoms with Gasteiger partial charge in [-0.3, -0.25) is 4.79 Å². The summed E-state index contributed by atoms with van der Waals surface area (Å²) in [6, 6.07) is 7.68. The highest BCUT2D eigenvalue weighted by Gasteiger charge is 2.16. The molecule has 0 radical (unpaired) electrons. The fraction of sp³-hybridized carbons (Fsp3) is 0.462. The average Bonchev–Trinajstić information content (AvgIpc) is 2.83. The van der Waals surface area contributed by atoms with Crippen molar-refractivity contribution in [3.8, 4) is 0 Å². The normalized spacial score (nSPS) is 16.1. The van der Waals surface area contributed by atoms with Gasteiger partial charge in [-0.15, -0.1) is 0 Å². The Labute approximate surface area is 110 Å². The quantitative estimate of drug-likeness (QED) is 0.867. The minimum absolute atomic E-state index is 0.117. The third-order valence-electron chi connectivity index (χ3n) is 3.14. The van der Waals surface area contributed by atoms with Crippen molar-refractivity contribution in [1.82, 2.24) is 0 Å². The van der Waals surface area contributed by atoms with Crippen molar-refractivity contribution >= 4 is 27.5 Å². The van der Waals surface area contributed by atoms with Crippen molar-refractivity contribution < 1.29 is 9.69 Å². The van der Waals surface area contributed by atoms with Crippen LogP contribution in [0.3, 0.4) is 0 Å². The molecule has 17 heavy (non-hydrogen) atoms. The molecule has 0 atom stereocenters. The molecule has 0 spiro atoms. The standard InChI is InChI=1S/C13H17BrN2O/c14-11-3-5-12(6-4-11)15-13(17)7-10-16-8-1-2-9-16/h3-6H,1-2,7-10H2,(H,15,17)/p+1. The molecule has 0 bridgehead atoms. The predicted octanol–water partition coefficient (Wildman–Crippen LogP) is 1.46. The van der Waals surface area contributed by atoms with Crippen molar-refractivity contribution in [1.29, 1.82) is 0 Å². The Morgan fingerprint density at radius 2 is 1.88 bits per heavy atom. The second-order valence-electron chi connectivity index (χ2n) is 4.51. The molecule has 0 aromatic heterocycles. The van der Waals surface area contributed by atoms with Crippen LogP contribution in [0.4, 0.5) is 5.69 Å². The Hall–Kier alpha value is -0.870. The number of anilines is 1. The van der Waals surface area contributed by atoms with Gasteiger partial charge in [0, 0.05) is 23.0 Å². The van der Waals surface area contributed by atoms with Gasteiger partial charge in [0.15, 0.2) is 0 Å². The zero-order valence-electron chi connectivity index (χ0n) is 9.84. The number of rotatable bonds is 4. The molecule has 1 saturated heterocycles. The molecule has 92 valence electrons. The minimum atomic E-state index is 0.117. The molecule has 1 fully saturated rings. The molecular weight excluding hydrogens is 280 g/mol. The SMILES string of the molecule is O=C(CC[NH+]1CCCC1)Nc1ccc(Br)cc1. The van der Waals surface area contributed by atoms with Gasteiger partial charge in [0.25, 0.3) is 0 Å². The summed E-state index contributed by atoms with van der Waals surface area (Å²) in [4.78, 5) is 13.3. The highest BCUT2D eigenvalue weighted by atomic mass is 79.9. The summed E-state index contributed by atoms with van der Waals surface area (Å²) < 4.78 is 1.03. The Kier molecular flexibility index (Phi) is 4.57. The zero-order valence-corrected chi connectivity index (χ0v) is 11.4. The van der Waals surface area contributed by atoms with Crippen molar-refractivity contribution in [2.45, 2.75) is 19.3 Å². The fourth-order valence-corrected chi connectivity index (χ4v) is 2.44. The van der Waals surface area contributed by atoms with Crippen LogP contribution in [0.1, 0.15) is 19.3 Å². The molecule has 0 unspecified atom stereocenters. The van der Waals surface area contributed by atoms with E-state index < -0.39 is 0 Å². The van der Waals surface area contributed by atoms with E-state index in [0.29, 0.717) is 6.42 Å². The maximum absolute atomic E-state index is 11.7. The van der Waals surface area contributed by atoms with Gasteiger partial charge in [0.05, 0.1) is 26.1 Å². The van der Waals surface area contributed by atoms with E-state index in [1.165, 1.54) is 25.9 Å². The van der Waals surface area contributed by atoms with Crippen LogP contribution in [-0.4, -0.2) is 25.5 Å². The first-order valence-electron chi connectivity index (χ1n) is 6.13. The highest BCUT2D eigenvalue weighted by Crippen LogP contribution is 2.14. The Morgan fingerprint density at radius 1 is 1.24 bits per heavy atom. The van der Waals surface area contributed by atoms with Crippen LogP contribution in [0, 0.1) is 0 Å². The number of likely N-dealkylation sites (tertiary alicyclic amines) is 1. The third-order valence-corrected chi connectivity index (χ3v) is 3.67. The van der Waals surface area contributed by atoms with Crippen molar-refractivity contribution in [2.75, 3.05) is 25.0 Å². The lowest BCUT2D eigenvalue weighted by molar-refractivity contribution is -0.886. The summed E-state index contributed by atoms with van der Waals surface area (Å²) in [5, 5.41) is 2.92. The number of carbonyl (C=O) groups excluding carboxylic acids is 1. The monoisotopic (exact) mass is 297 g/mol. The largest absolute Gasteiger partial charge is 0.334 e. The number of nitrogens with one attached hydrogen (secondary N) is 2. The van der Waals surface area contributed by atoms with Gasteiger partial charge < -0.3 is 10.2 Å². The van der Waals surface area contributed by atoms with E-state index in [1.54, 1.807) is 4.90 Å². The first-order chi connectivity index (χ1) is 8.24. The molecule has 4 heteroatoms. The van der Waals surface area contributed by atoms with E-state index in [9.17, 15) is 4.79 Å². The van der Waals surface area contributed by atoms with Crippen molar-refractivity contribution in [3.05, 3.63) is 28.7 Å². The molecule has 1 aliphatic rings. The minimum Gasteiger partial charge on any atom is -0.334 e. The van der Waals surface area contributed by atoms with E-state index >= 15 is 0 Å². The third kappa shape index (κ3) is 4.13. The summed E-state index contributed by atoms with van der Waals surface area (Å²) >= 11 is 3.37. The number of hydrogen-bond donors (Lipinski definition) is 2. The van der Waals surface area contributed by atoms with Gasteiger partial charge in [-0.1, -0.05) is 15.9 Å². The highest BCUT2D eigenvalue weighted by molar-refractivity contribution is 9.10. The van der Waals surface area contributed by atoms with Crippen LogP contribution in [0.15, 0.2) is 28.7 Å². The lowest BCUT2D eigenvalue weighted by Gasteiger charge is -2.11. The maximum atomic E-state index is 11.7. The molecule has 1 heterocycles. The number of amides is 1. The smallest absolute Gasteiger partial charge is 0.230 e. The molecular formula is C13H18BrN2O+. The van der Waals surface area contributed by atoms with E-state index in [-0.39, 0.29) is 5.91 Å². The van der Waals surface area contributed by atoms with Gasteiger partial charge in [0.2, 0.25) is 5.91 Å². The van der Waals surface area contributed by atoms with Crippen LogP contribution in [0.5, 0.6) is 0 Å². The fourth-order valence-electron chi connectivity index (χ4n) is 2.17. The van der Waals surface area contributed by atoms with Crippen LogP contribution >= 0.6 is 15.9 Å². The van der Waals surface area contributed by atoms with E-state index in [1.807, 2.05) is 24.3 Å². The first-order valence-corrected chi connectivity index (χ1v) is 6.92. The molecule has 3 nitrogen and oxygen atoms in total. The van der Waals surface area contributed by atoms with Crippen LogP contribution in [0.2, 0.25) is 0 Å². The Morgan fingerprint density at radius 3 is 2.53 bits per heavy atom. The van der Waals surface area contributed by atoms with Gasteiger partial charge in [0.1, 0.15) is 0 Å². The van der Waals surface area contributed by atoms with Gasteiger partial charge in [-0.2, -0.15) is 0 Å². The molecule has 0 aliphatic carbocycles. The number of quaternary nitrogens is 1. The maximum Gasteiger partial charge on any atom is 0.230 e. The summed E-state index contributed by atoms with van der Waals surface area (Å²) in [5.74, 6) is 0.117. The van der Waals surface area contributed by atoms with E-state index in [4.69, 9.17) is 0 Å². The van der Waals surface area contributed by atoms with Crippen molar-refractivity contribution in [2.24, 2.45) is 0 Å². The molecule has 1 aromatic rings. The van der Waals surface area contributed by atoms with E-state index in [0.717, 1.165) is 16.7 Å². The second kappa shape index (κ2) is 6.17. The summed E-state index contributed by atoms with van der Waals surface area (Å²) in [6.07, 6.45) is 3.23. The Balaban J connectivity index is 1.74. The first kappa shape index (κ1) is 12.6. The number of carbonyl (C=O) groups is 1. The Bertz CT molecular complexity index is 372. The van der Waals surface area contributed by atoms with Gasteiger partial charge in [-0.25, -0.2) is 0 Å². The van der Waals surface area contributed by atoms with Crippen molar-refractivity contribution in [3.63, 3.8) is 0 Å². The van der Waals surface area contributed by atoms with Crippen LogP contribution < -0.4 is 10.2 Å². The van der Waals surface area contributed by atoms with Gasteiger partial charge >= 0.3 is 0 Å². The number of halogens is 1. The molecule has 2 rings (SSSR count). The second-order valence-corrected chi connectivity index (χ2v) is 5.43. The molecule has 0 saturated carbocycles. The zero-order chi connectivity index (χ0) is 12.1. The summed E-state index contributed by atoms with van der Waals surface area (Å²) in [7, 11) is 0. The lowest BCUT2D eigenvalue weighted by atomic mass is 10.3. The lowest BCUT2D eigenvalue weighted by Crippen LogP contribution is -3.10. The van der Waals surface area contributed by atoms with Gasteiger partial charge in [-0.05, 0) is 24.3 Å². The van der Waals surface area contributed by atoms with E-state index in [2.05, 4.69) is 21.2 Å². The molecule has 1 aliphatic heterocycles. The summed E-state index contributed by atoms with van der Waals surface area (Å²) in [6.45, 7) is 3.42. The van der Waals surface area contributed by atoms with Crippen LogP contribution in [-0.2, 0) is 4.79 Å². The summed E-state index contributed by atoms with van der Waals surface area (Å²) in [5.41, 5.74) is 0.870. The molecule has 2 N–H and O–H groups in total. The average molecular weight is 298 g/mol. The molecule has 1 amide bonds. The molecule has 1 aromatic carbocycles. The number of hydrogen-bond acceptors (Lipinski definition) is 1.